The van der Waals surface area contributed by atoms with Gasteiger partial charge >= 0.3 is 0 Å². The molecule has 1 nitrogen and oxygen atoms in total. The summed E-state index contributed by atoms with van der Waals surface area (Å²) in [7, 11) is 0. The monoisotopic (exact) mass is 320 g/mol. The molecule has 1 aliphatic heterocycles. The van der Waals surface area contributed by atoms with Gasteiger partial charge in [-0.1, -0.05) is 36.4 Å². The summed E-state index contributed by atoms with van der Waals surface area (Å²) in [5.41, 5.74) is 2.72. The van der Waals surface area contributed by atoms with Crippen molar-refractivity contribution in [2.24, 2.45) is 11.8 Å². The summed E-state index contributed by atoms with van der Waals surface area (Å²) in [5.74, 6) is 1.54. The van der Waals surface area contributed by atoms with Gasteiger partial charge in [0.2, 0.25) is 0 Å². The van der Waals surface area contributed by atoms with Gasteiger partial charge in [0.15, 0.2) is 0 Å². The first-order valence-electron chi connectivity index (χ1n) is 7.74. The van der Waals surface area contributed by atoms with Gasteiger partial charge in [-0.2, -0.15) is 0 Å². The summed E-state index contributed by atoms with van der Waals surface area (Å²) in [5, 5.41) is 0.121. The highest BCUT2D eigenvalue weighted by Crippen LogP contribution is 2.79. The Morgan fingerprint density at radius 3 is 1.71 bits per heavy atom. The van der Waals surface area contributed by atoms with Crippen LogP contribution >= 0.6 is 23.2 Å². The van der Waals surface area contributed by atoms with Gasteiger partial charge in [0.05, 0.1) is 16.4 Å². The number of epoxide rings is 1. The molecule has 3 heteroatoms. The molecule has 21 heavy (non-hydrogen) atoms. The molecular weight excluding hydrogens is 303 g/mol. The van der Waals surface area contributed by atoms with E-state index in [1.165, 1.54) is 11.1 Å². The van der Waals surface area contributed by atoms with Gasteiger partial charge in [-0.15, -0.1) is 23.2 Å². The van der Waals surface area contributed by atoms with Crippen LogP contribution in [0.15, 0.2) is 36.4 Å². The quantitative estimate of drug-likeness (QED) is 0.391. The van der Waals surface area contributed by atoms with Crippen LogP contribution in [0.2, 0.25) is 0 Å². The van der Waals surface area contributed by atoms with Gasteiger partial charge in [0.25, 0.3) is 0 Å². The van der Waals surface area contributed by atoms with E-state index in [4.69, 9.17) is 27.9 Å². The van der Waals surface area contributed by atoms with E-state index in [1.807, 2.05) is 0 Å². The summed E-state index contributed by atoms with van der Waals surface area (Å²) >= 11 is 13.4. The average Bonchev–Trinajstić information content (AvgIpc) is 2.78. The van der Waals surface area contributed by atoms with E-state index in [1.54, 1.807) is 0 Å². The standard InChI is InChI=1S/C18H18Cl2O/c1-17(2)18(21-17)15-9-5-3-4-6-10(9)16(18)14-12(20)8-7-11(19)13(14)15/h3-8,11-16H,1-2H3. The Bertz CT molecular complexity index is 620. The summed E-state index contributed by atoms with van der Waals surface area (Å²) in [6, 6.07) is 8.80. The fraction of sp³-hybridized carbons (Fsp3) is 0.556. The number of fused-ring (bicyclic) bond motifs is 6. The smallest absolute Gasteiger partial charge is 0.112 e. The molecule has 1 saturated heterocycles. The normalized spacial score (nSPS) is 51.0. The Morgan fingerprint density at radius 2 is 1.33 bits per heavy atom. The van der Waals surface area contributed by atoms with E-state index in [0.717, 1.165) is 0 Å². The maximum absolute atomic E-state index is 6.69. The molecule has 3 aliphatic carbocycles. The first-order chi connectivity index (χ1) is 9.99. The van der Waals surface area contributed by atoms with Crippen LogP contribution in [-0.2, 0) is 4.74 Å². The van der Waals surface area contributed by atoms with Gasteiger partial charge in [-0.25, -0.2) is 0 Å². The van der Waals surface area contributed by atoms with Gasteiger partial charge in [-0.05, 0) is 36.8 Å². The zero-order valence-corrected chi connectivity index (χ0v) is 13.6. The largest absolute Gasteiger partial charge is 0.362 e. The minimum atomic E-state index is -0.0850. The predicted octanol–water partition coefficient (Wildman–Crippen LogP) is 4.45. The molecule has 1 spiro atoms. The van der Waals surface area contributed by atoms with Gasteiger partial charge < -0.3 is 4.74 Å². The molecule has 6 unspecified atom stereocenters. The SMILES string of the molecule is CC1(C)OC12C1c3ccccc3C2C2C(Cl)C=CC(Cl)C21. The molecule has 1 aromatic carbocycles. The second kappa shape index (κ2) is 3.69. The number of hydrogen-bond acceptors (Lipinski definition) is 1. The van der Waals surface area contributed by atoms with Gasteiger partial charge in [0, 0.05) is 11.8 Å². The third kappa shape index (κ3) is 1.27. The molecule has 6 atom stereocenters. The molecular formula is C18H18Cl2O. The number of ether oxygens (including phenoxy) is 1. The molecule has 2 fully saturated rings. The Kier molecular flexibility index (Phi) is 2.28. The number of halogens is 2. The minimum Gasteiger partial charge on any atom is -0.362 e. The molecule has 0 amide bonds. The number of rotatable bonds is 0. The van der Waals surface area contributed by atoms with E-state index in [9.17, 15) is 0 Å². The van der Waals surface area contributed by atoms with Crippen LogP contribution in [0.5, 0.6) is 0 Å². The minimum absolute atomic E-state index is 0.0604. The van der Waals surface area contributed by atoms with E-state index >= 15 is 0 Å². The lowest BCUT2D eigenvalue weighted by Gasteiger charge is -2.38. The lowest BCUT2D eigenvalue weighted by molar-refractivity contribution is 0.252. The van der Waals surface area contributed by atoms with Crippen molar-refractivity contribution in [1.29, 1.82) is 0 Å². The number of hydrogen-bond donors (Lipinski definition) is 0. The molecule has 0 N–H and O–H groups in total. The summed E-state index contributed by atoms with van der Waals surface area (Å²) in [6.07, 6.45) is 4.18. The van der Waals surface area contributed by atoms with Crippen molar-refractivity contribution in [3.05, 3.63) is 47.5 Å². The number of allylic oxidation sites excluding steroid dienone is 2. The third-order valence-electron chi connectivity index (χ3n) is 6.34. The molecule has 4 aliphatic rings. The first kappa shape index (κ1) is 13.0. The molecule has 1 saturated carbocycles. The van der Waals surface area contributed by atoms with Crippen molar-refractivity contribution in [3.63, 3.8) is 0 Å². The fourth-order valence-corrected chi connectivity index (χ4v) is 6.49. The van der Waals surface area contributed by atoms with Crippen molar-refractivity contribution in [2.75, 3.05) is 0 Å². The van der Waals surface area contributed by atoms with Crippen LogP contribution in [0.3, 0.4) is 0 Å². The third-order valence-corrected chi connectivity index (χ3v) is 7.21. The van der Waals surface area contributed by atoms with E-state index in [0.29, 0.717) is 23.7 Å². The van der Waals surface area contributed by atoms with Crippen molar-refractivity contribution in [1.82, 2.24) is 0 Å². The van der Waals surface area contributed by atoms with Crippen LogP contribution in [0.4, 0.5) is 0 Å². The van der Waals surface area contributed by atoms with Crippen molar-refractivity contribution < 1.29 is 4.74 Å². The van der Waals surface area contributed by atoms with Crippen LogP contribution in [0, 0.1) is 11.8 Å². The van der Waals surface area contributed by atoms with Gasteiger partial charge in [-0.3, -0.25) is 0 Å². The van der Waals surface area contributed by atoms with E-state index in [2.05, 4.69) is 50.3 Å². The molecule has 0 aromatic heterocycles. The fourth-order valence-electron chi connectivity index (χ4n) is 5.70. The first-order valence-corrected chi connectivity index (χ1v) is 8.62. The Hall–Kier alpha value is -0.500. The number of alkyl halides is 2. The van der Waals surface area contributed by atoms with Crippen LogP contribution in [0.1, 0.15) is 36.8 Å². The topological polar surface area (TPSA) is 12.5 Å². The summed E-state index contributed by atoms with van der Waals surface area (Å²) < 4.78 is 6.37. The van der Waals surface area contributed by atoms with Crippen molar-refractivity contribution in [2.45, 2.75) is 47.6 Å². The second-order valence-electron chi connectivity index (χ2n) is 7.42. The van der Waals surface area contributed by atoms with Crippen molar-refractivity contribution in [3.8, 4) is 0 Å². The van der Waals surface area contributed by atoms with Gasteiger partial charge in [0.1, 0.15) is 5.60 Å². The highest BCUT2D eigenvalue weighted by molar-refractivity contribution is 6.24. The Morgan fingerprint density at radius 1 is 0.905 bits per heavy atom. The zero-order valence-electron chi connectivity index (χ0n) is 12.1. The predicted molar refractivity (Wildman–Crippen MR) is 85.2 cm³/mol. The van der Waals surface area contributed by atoms with Crippen LogP contribution in [-0.4, -0.2) is 22.0 Å². The Labute approximate surface area is 135 Å². The lowest BCUT2D eigenvalue weighted by Crippen LogP contribution is -2.36. The van der Waals surface area contributed by atoms with E-state index in [-0.39, 0.29) is 22.0 Å². The van der Waals surface area contributed by atoms with Crippen LogP contribution in [0.25, 0.3) is 0 Å². The molecule has 0 radical (unpaired) electrons. The highest BCUT2D eigenvalue weighted by Gasteiger charge is 2.82. The molecule has 1 heterocycles. The summed E-state index contributed by atoms with van der Waals surface area (Å²) in [4.78, 5) is 0. The molecule has 5 rings (SSSR count). The highest BCUT2D eigenvalue weighted by atomic mass is 35.5. The molecule has 110 valence electrons. The lowest BCUT2D eigenvalue weighted by atomic mass is 9.70. The maximum atomic E-state index is 6.69. The second-order valence-corrected chi connectivity index (χ2v) is 8.43. The number of benzene rings is 1. The van der Waals surface area contributed by atoms with Crippen molar-refractivity contribution >= 4 is 23.2 Å². The molecule has 2 bridgehead atoms. The molecule has 1 aromatic rings. The maximum Gasteiger partial charge on any atom is 0.112 e. The van der Waals surface area contributed by atoms with E-state index < -0.39 is 0 Å². The summed E-state index contributed by atoms with van der Waals surface area (Å²) in [6.45, 7) is 4.44. The Balaban J connectivity index is 1.77. The average molecular weight is 321 g/mol. The zero-order chi connectivity index (χ0) is 14.6. The van der Waals surface area contributed by atoms with Crippen LogP contribution < -0.4 is 0 Å².